The minimum atomic E-state index is 1.12. The molecule has 0 aliphatic rings. The Morgan fingerprint density at radius 3 is 2.73 bits per heavy atom. The third kappa shape index (κ3) is 7.04. The molecule has 0 aromatic heterocycles. The lowest BCUT2D eigenvalue weighted by Crippen LogP contribution is -1.73. The minimum Gasteiger partial charge on any atom is -0.265 e. The summed E-state index contributed by atoms with van der Waals surface area (Å²) in [6.45, 7) is 6.21. The minimum absolute atomic E-state index is 1.12. The first-order valence-electron chi connectivity index (χ1n) is 4.12. The van der Waals surface area contributed by atoms with Gasteiger partial charge in [-0.3, -0.25) is 4.99 Å². The maximum absolute atomic E-state index is 4.11. The van der Waals surface area contributed by atoms with Crippen molar-refractivity contribution in [2.75, 3.05) is 0 Å². The van der Waals surface area contributed by atoms with E-state index in [4.69, 9.17) is 0 Å². The molecule has 11 heavy (non-hydrogen) atoms. The van der Waals surface area contributed by atoms with Gasteiger partial charge in [-0.25, -0.2) is 0 Å². The fourth-order valence-corrected chi connectivity index (χ4v) is 0.537. The molecule has 62 valence electrons. The van der Waals surface area contributed by atoms with Crippen LogP contribution in [-0.4, -0.2) is 6.21 Å². The molecule has 0 bridgehead atoms. The van der Waals surface area contributed by atoms with Crippen LogP contribution in [0.1, 0.15) is 33.6 Å². The van der Waals surface area contributed by atoms with Crippen molar-refractivity contribution in [2.45, 2.75) is 33.6 Å². The number of hydrogen-bond donors (Lipinski definition) is 0. The van der Waals surface area contributed by atoms with Crippen LogP contribution < -0.4 is 0 Å². The van der Waals surface area contributed by atoms with E-state index >= 15 is 0 Å². The number of nitrogens with zero attached hydrogens (tertiary/aromatic N) is 1. The molecule has 0 fully saturated rings. The molecule has 0 amide bonds. The first-order chi connectivity index (χ1) is 5.31. The van der Waals surface area contributed by atoms with Crippen LogP contribution in [0.2, 0.25) is 0 Å². The van der Waals surface area contributed by atoms with Gasteiger partial charge in [-0.05, 0) is 25.8 Å². The number of unbranched alkanes of at least 4 members (excludes halogenated alkanes) is 1. The highest BCUT2D eigenvalue weighted by molar-refractivity contribution is 5.77. The van der Waals surface area contributed by atoms with Crippen molar-refractivity contribution in [2.24, 2.45) is 4.99 Å². The normalized spacial score (nSPS) is 13.5. The quantitative estimate of drug-likeness (QED) is 0.546. The zero-order valence-electron chi connectivity index (χ0n) is 7.67. The third-order valence-electron chi connectivity index (χ3n) is 1.38. The van der Waals surface area contributed by atoms with E-state index in [2.05, 4.69) is 18.0 Å². The monoisotopic (exact) mass is 151 g/mol. The Balaban J connectivity index is 3.59. The molecule has 0 heterocycles. The van der Waals surface area contributed by atoms with Crippen molar-refractivity contribution in [1.29, 1.82) is 0 Å². The molecule has 0 saturated heterocycles. The Morgan fingerprint density at radius 1 is 1.45 bits per heavy atom. The summed E-state index contributed by atoms with van der Waals surface area (Å²) in [6.07, 6.45) is 10.2. The number of aliphatic imine (C=N–C) groups is 1. The molecule has 1 nitrogen and oxygen atoms in total. The van der Waals surface area contributed by atoms with E-state index < -0.39 is 0 Å². The van der Waals surface area contributed by atoms with Crippen molar-refractivity contribution < 1.29 is 0 Å². The van der Waals surface area contributed by atoms with Gasteiger partial charge in [-0.15, -0.1) is 0 Å². The fraction of sp³-hybridized carbons (Fsp3) is 0.500. The summed E-state index contributed by atoms with van der Waals surface area (Å²) in [4.78, 5) is 4.11. The van der Waals surface area contributed by atoms with E-state index in [1.807, 2.05) is 32.3 Å². The van der Waals surface area contributed by atoms with Crippen molar-refractivity contribution >= 4 is 6.21 Å². The van der Waals surface area contributed by atoms with Gasteiger partial charge in [0.25, 0.3) is 0 Å². The molecule has 0 radical (unpaired) electrons. The zero-order valence-corrected chi connectivity index (χ0v) is 7.67. The molecule has 0 aromatic rings. The van der Waals surface area contributed by atoms with Crippen LogP contribution in [0.3, 0.4) is 0 Å². The van der Waals surface area contributed by atoms with Crippen LogP contribution >= 0.6 is 0 Å². The Kier molecular flexibility index (Phi) is 6.70. The highest BCUT2D eigenvalue weighted by Gasteiger charge is 1.74. The second kappa shape index (κ2) is 7.26. The van der Waals surface area contributed by atoms with Crippen molar-refractivity contribution in [1.82, 2.24) is 0 Å². The van der Waals surface area contributed by atoms with Crippen LogP contribution in [0, 0.1) is 0 Å². The molecule has 0 aliphatic heterocycles. The summed E-state index contributed by atoms with van der Waals surface area (Å²) in [5.74, 6) is 0. The Labute approximate surface area is 69.5 Å². The summed E-state index contributed by atoms with van der Waals surface area (Å²) in [7, 11) is 0. The summed E-state index contributed by atoms with van der Waals surface area (Å²) in [6, 6.07) is 0. The second-order valence-electron chi connectivity index (χ2n) is 2.48. The SMILES string of the molecule is C\C=C(C)/C=N/C=C/CCC. The largest absolute Gasteiger partial charge is 0.265 e. The Bertz CT molecular complexity index is 164. The number of allylic oxidation sites excluding steroid dienone is 3. The number of rotatable bonds is 4. The molecule has 0 atom stereocenters. The first kappa shape index (κ1) is 10.2. The van der Waals surface area contributed by atoms with Crippen molar-refractivity contribution in [3.8, 4) is 0 Å². The molecule has 0 aliphatic carbocycles. The van der Waals surface area contributed by atoms with E-state index in [0.29, 0.717) is 0 Å². The predicted molar refractivity (Wildman–Crippen MR) is 52.0 cm³/mol. The lowest BCUT2D eigenvalue weighted by Gasteiger charge is -1.84. The van der Waals surface area contributed by atoms with Crippen molar-refractivity contribution in [3.05, 3.63) is 23.9 Å². The highest BCUT2D eigenvalue weighted by atomic mass is 14.7. The molecule has 0 rings (SSSR count). The van der Waals surface area contributed by atoms with Crippen LogP contribution in [-0.2, 0) is 0 Å². The fourth-order valence-electron chi connectivity index (χ4n) is 0.537. The lowest BCUT2D eigenvalue weighted by molar-refractivity contribution is 0.956. The van der Waals surface area contributed by atoms with Gasteiger partial charge in [-0.2, -0.15) is 0 Å². The van der Waals surface area contributed by atoms with Gasteiger partial charge in [0.05, 0.1) is 0 Å². The van der Waals surface area contributed by atoms with Gasteiger partial charge in [-0.1, -0.05) is 25.5 Å². The molecule has 0 aromatic carbocycles. The zero-order chi connectivity index (χ0) is 8.53. The maximum Gasteiger partial charge on any atom is 0.0293 e. The topological polar surface area (TPSA) is 12.4 Å². The van der Waals surface area contributed by atoms with Gasteiger partial charge in [0.1, 0.15) is 0 Å². The standard InChI is InChI=1S/C10H17N/c1-4-6-7-8-11-9-10(3)5-2/h5,7-9H,4,6H2,1-3H3/b8-7+,10-5-,11-9+. The molecule has 0 spiro atoms. The third-order valence-corrected chi connectivity index (χ3v) is 1.38. The molecular weight excluding hydrogens is 134 g/mol. The van der Waals surface area contributed by atoms with Gasteiger partial charge >= 0.3 is 0 Å². The summed E-state index contributed by atoms with van der Waals surface area (Å²) < 4.78 is 0. The van der Waals surface area contributed by atoms with E-state index in [9.17, 15) is 0 Å². The first-order valence-corrected chi connectivity index (χ1v) is 4.12. The Morgan fingerprint density at radius 2 is 2.18 bits per heavy atom. The van der Waals surface area contributed by atoms with Crippen molar-refractivity contribution in [3.63, 3.8) is 0 Å². The van der Waals surface area contributed by atoms with Gasteiger partial charge < -0.3 is 0 Å². The summed E-state index contributed by atoms with van der Waals surface area (Å²) >= 11 is 0. The molecular formula is C10H17N. The van der Waals surface area contributed by atoms with E-state index in [1.165, 1.54) is 12.0 Å². The smallest absolute Gasteiger partial charge is 0.0293 e. The molecule has 0 unspecified atom stereocenters. The van der Waals surface area contributed by atoms with Crippen LogP contribution in [0.4, 0.5) is 0 Å². The van der Waals surface area contributed by atoms with Crippen LogP contribution in [0.25, 0.3) is 0 Å². The Hall–Kier alpha value is -0.850. The maximum atomic E-state index is 4.11. The highest BCUT2D eigenvalue weighted by Crippen LogP contribution is 1.90. The average molecular weight is 151 g/mol. The number of hydrogen-bond acceptors (Lipinski definition) is 1. The molecule has 0 saturated carbocycles. The van der Waals surface area contributed by atoms with Gasteiger partial charge in [0.2, 0.25) is 0 Å². The summed E-state index contributed by atoms with van der Waals surface area (Å²) in [5, 5.41) is 0. The predicted octanol–water partition coefficient (Wildman–Crippen LogP) is 3.34. The van der Waals surface area contributed by atoms with E-state index in [1.54, 1.807) is 0 Å². The van der Waals surface area contributed by atoms with Gasteiger partial charge in [0.15, 0.2) is 0 Å². The molecule has 0 N–H and O–H groups in total. The van der Waals surface area contributed by atoms with E-state index in [0.717, 1.165) is 6.42 Å². The molecule has 1 heteroatoms. The summed E-state index contributed by atoms with van der Waals surface area (Å²) in [5.41, 5.74) is 1.20. The average Bonchev–Trinajstić information content (AvgIpc) is 2.04. The van der Waals surface area contributed by atoms with Gasteiger partial charge in [0, 0.05) is 12.4 Å². The van der Waals surface area contributed by atoms with Crippen LogP contribution in [0.5, 0.6) is 0 Å². The van der Waals surface area contributed by atoms with E-state index in [-0.39, 0.29) is 0 Å². The van der Waals surface area contributed by atoms with Crippen LogP contribution in [0.15, 0.2) is 28.9 Å². The second-order valence-corrected chi connectivity index (χ2v) is 2.48. The lowest BCUT2D eigenvalue weighted by atomic mass is 10.3.